The summed E-state index contributed by atoms with van der Waals surface area (Å²) < 4.78 is 12.0. The Morgan fingerprint density at radius 1 is 0.970 bits per heavy atom. The van der Waals surface area contributed by atoms with Crippen LogP contribution in [0.15, 0.2) is 36.4 Å². The van der Waals surface area contributed by atoms with E-state index in [9.17, 15) is 9.59 Å². The van der Waals surface area contributed by atoms with E-state index >= 15 is 0 Å². The van der Waals surface area contributed by atoms with Gasteiger partial charge in [0.1, 0.15) is 21.7 Å². The third kappa shape index (κ3) is 5.09. The topological polar surface area (TPSA) is 84.0 Å². The number of nitrogens with one attached hydrogen (secondary N) is 1. The number of methoxy groups -OCH3 is 2. The van der Waals surface area contributed by atoms with Gasteiger partial charge in [0.05, 0.1) is 14.2 Å². The van der Waals surface area contributed by atoms with E-state index in [1.54, 1.807) is 49.8 Å². The molecular weight excluding hydrogens is 440 g/mol. The Morgan fingerprint density at radius 3 is 2.24 bits per heavy atom. The number of carbonyl (C=O) groups is 2. The molecule has 1 amide bonds. The van der Waals surface area contributed by atoms with Crippen molar-refractivity contribution < 1.29 is 19.1 Å². The number of piperazine rings is 1. The molecule has 174 valence electrons. The molecule has 1 aliphatic heterocycles. The molecule has 4 rings (SSSR count). The summed E-state index contributed by atoms with van der Waals surface area (Å²) in [5, 5.41) is 3.93. The standard InChI is InChI=1S/C24H28N4O4S/c1-16(29)17-4-6-18(7-5-17)23(30)25-10-11-27-12-14-28(15-13-27)24-26-21-19(31-2)8-9-20(32-3)22(21)33-24/h4-9H,10-15H2,1-3H3,(H,25,30). The molecule has 0 bridgehead atoms. The number of Topliss-reactive ketones (excluding diaryl/α,β-unsaturated/α-hetero) is 1. The SMILES string of the molecule is COc1ccc(OC)c2sc(N3CCN(CCNC(=O)c4ccc(C(C)=O)cc4)CC3)nc12. The third-order valence-electron chi connectivity index (χ3n) is 5.81. The number of ether oxygens (including phenoxy) is 2. The number of amides is 1. The van der Waals surface area contributed by atoms with Crippen molar-refractivity contribution in [3.63, 3.8) is 0 Å². The molecule has 1 aliphatic rings. The maximum atomic E-state index is 12.3. The summed E-state index contributed by atoms with van der Waals surface area (Å²) >= 11 is 1.62. The quantitative estimate of drug-likeness (QED) is 0.509. The maximum absolute atomic E-state index is 12.3. The van der Waals surface area contributed by atoms with Crippen LogP contribution in [0.5, 0.6) is 11.5 Å². The van der Waals surface area contributed by atoms with E-state index in [2.05, 4.69) is 15.1 Å². The zero-order chi connectivity index (χ0) is 23.4. The zero-order valence-electron chi connectivity index (χ0n) is 19.1. The first-order valence-corrected chi connectivity index (χ1v) is 11.7. The van der Waals surface area contributed by atoms with Crippen molar-refractivity contribution in [3.05, 3.63) is 47.5 Å². The van der Waals surface area contributed by atoms with Gasteiger partial charge in [-0.1, -0.05) is 23.5 Å². The molecule has 0 atom stereocenters. The number of hydrogen-bond acceptors (Lipinski definition) is 8. The molecule has 33 heavy (non-hydrogen) atoms. The number of ketones is 1. The van der Waals surface area contributed by atoms with Crippen molar-refractivity contribution in [1.82, 2.24) is 15.2 Å². The molecule has 3 aromatic rings. The highest BCUT2D eigenvalue weighted by molar-refractivity contribution is 7.22. The summed E-state index contributed by atoms with van der Waals surface area (Å²) in [6, 6.07) is 10.5. The van der Waals surface area contributed by atoms with Gasteiger partial charge in [-0.05, 0) is 31.2 Å². The molecule has 1 aromatic heterocycles. The summed E-state index contributed by atoms with van der Waals surface area (Å²) in [6.07, 6.45) is 0. The maximum Gasteiger partial charge on any atom is 0.251 e. The first kappa shape index (κ1) is 23.0. The van der Waals surface area contributed by atoms with Gasteiger partial charge >= 0.3 is 0 Å². The van der Waals surface area contributed by atoms with Gasteiger partial charge in [0, 0.05) is 50.4 Å². The van der Waals surface area contributed by atoms with Gasteiger partial charge in [-0.3, -0.25) is 14.5 Å². The normalized spacial score (nSPS) is 14.3. The van der Waals surface area contributed by atoms with E-state index in [-0.39, 0.29) is 11.7 Å². The zero-order valence-corrected chi connectivity index (χ0v) is 19.9. The Labute approximate surface area is 197 Å². The Balaban J connectivity index is 1.28. The lowest BCUT2D eigenvalue weighted by atomic mass is 10.1. The van der Waals surface area contributed by atoms with Gasteiger partial charge in [-0.25, -0.2) is 4.98 Å². The number of fused-ring (bicyclic) bond motifs is 1. The molecule has 8 nitrogen and oxygen atoms in total. The molecule has 0 spiro atoms. The number of thiazole rings is 1. The molecule has 9 heteroatoms. The first-order valence-electron chi connectivity index (χ1n) is 10.9. The van der Waals surface area contributed by atoms with Crippen molar-refractivity contribution in [1.29, 1.82) is 0 Å². The Bertz CT molecular complexity index is 1100. The average molecular weight is 469 g/mol. The van der Waals surface area contributed by atoms with Gasteiger partial charge < -0.3 is 19.7 Å². The molecule has 2 heterocycles. The fourth-order valence-corrected chi connectivity index (χ4v) is 4.98. The van der Waals surface area contributed by atoms with Gasteiger partial charge in [0.25, 0.3) is 5.91 Å². The van der Waals surface area contributed by atoms with Crippen LogP contribution in [-0.4, -0.2) is 75.1 Å². The number of nitrogens with zero attached hydrogens (tertiary/aromatic N) is 3. The first-order chi connectivity index (χ1) is 16.0. The highest BCUT2D eigenvalue weighted by atomic mass is 32.1. The van der Waals surface area contributed by atoms with Crippen LogP contribution in [0.1, 0.15) is 27.6 Å². The summed E-state index contributed by atoms with van der Waals surface area (Å²) in [7, 11) is 3.32. The van der Waals surface area contributed by atoms with E-state index < -0.39 is 0 Å². The molecule has 0 saturated carbocycles. The van der Waals surface area contributed by atoms with E-state index in [0.717, 1.165) is 59.6 Å². The van der Waals surface area contributed by atoms with Crippen molar-refractivity contribution in [3.8, 4) is 11.5 Å². The second-order valence-electron chi connectivity index (χ2n) is 7.86. The Morgan fingerprint density at radius 2 is 1.61 bits per heavy atom. The number of rotatable bonds is 8. The summed E-state index contributed by atoms with van der Waals surface area (Å²) in [6.45, 7) is 6.39. The van der Waals surface area contributed by atoms with Crippen LogP contribution in [-0.2, 0) is 0 Å². The Hall–Kier alpha value is -3.17. The summed E-state index contributed by atoms with van der Waals surface area (Å²) in [5.41, 5.74) is 2.00. The summed E-state index contributed by atoms with van der Waals surface area (Å²) in [4.78, 5) is 33.2. The van der Waals surface area contributed by atoms with Crippen molar-refractivity contribution in [2.24, 2.45) is 0 Å². The fraction of sp³-hybridized carbons (Fsp3) is 0.375. The monoisotopic (exact) mass is 468 g/mol. The van der Waals surface area contributed by atoms with Crippen molar-refractivity contribution >= 4 is 38.4 Å². The van der Waals surface area contributed by atoms with Gasteiger partial charge in [0.2, 0.25) is 0 Å². The van der Waals surface area contributed by atoms with E-state index in [4.69, 9.17) is 14.5 Å². The van der Waals surface area contributed by atoms with E-state index in [1.165, 1.54) is 6.92 Å². The minimum atomic E-state index is -0.124. The van der Waals surface area contributed by atoms with Gasteiger partial charge in [-0.15, -0.1) is 0 Å². The van der Waals surface area contributed by atoms with Crippen LogP contribution in [0.4, 0.5) is 5.13 Å². The van der Waals surface area contributed by atoms with Gasteiger partial charge in [-0.2, -0.15) is 0 Å². The lowest BCUT2D eigenvalue weighted by Crippen LogP contribution is -2.48. The molecule has 0 radical (unpaired) electrons. The largest absolute Gasteiger partial charge is 0.495 e. The van der Waals surface area contributed by atoms with Gasteiger partial charge in [0.15, 0.2) is 10.9 Å². The second kappa shape index (κ2) is 10.2. The predicted molar refractivity (Wildman–Crippen MR) is 130 cm³/mol. The number of anilines is 1. The molecule has 2 aromatic carbocycles. The van der Waals surface area contributed by atoms with Crippen molar-refractivity contribution in [2.75, 3.05) is 58.4 Å². The highest BCUT2D eigenvalue weighted by Gasteiger charge is 2.22. The number of hydrogen-bond donors (Lipinski definition) is 1. The predicted octanol–water partition coefficient (Wildman–Crippen LogP) is 3.07. The second-order valence-corrected chi connectivity index (χ2v) is 8.84. The van der Waals surface area contributed by atoms with Crippen LogP contribution in [0.25, 0.3) is 10.2 Å². The van der Waals surface area contributed by atoms with Crippen LogP contribution in [0.2, 0.25) is 0 Å². The fourth-order valence-electron chi connectivity index (χ4n) is 3.86. The molecule has 1 saturated heterocycles. The van der Waals surface area contributed by atoms with Crippen molar-refractivity contribution in [2.45, 2.75) is 6.92 Å². The molecule has 1 N–H and O–H groups in total. The van der Waals surface area contributed by atoms with Crippen LogP contribution < -0.4 is 19.7 Å². The number of aromatic nitrogens is 1. The minimum absolute atomic E-state index is 0.00905. The highest BCUT2D eigenvalue weighted by Crippen LogP contribution is 2.40. The summed E-state index contributed by atoms with van der Waals surface area (Å²) in [5.74, 6) is 1.42. The third-order valence-corrected chi connectivity index (χ3v) is 6.94. The molecule has 0 unspecified atom stereocenters. The molecule has 0 aliphatic carbocycles. The van der Waals surface area contributed by atoms with Crippen LogP contribution in [0, 0.1) is 0 Å². The Kier molecular flexibility index (Phi) is 7.10. The minimum Gasteiger partial charge on any atom is -0.495 e. The molecule has 1 fully saturated rings. The van der Waals surface area contributed by atoms with Crippen LogP contribution in [0.3, 0.4) is 0 Å². The number of carbonyl (C=O) groups excluding carboxylic acids is 2. The van der Waals surface area contributed by atoms with E-state index in [0.29, 0.717) is 17.7 Å². The smallest absolute Gasteiger partial charge is 0.251 e. The lowest BCUT2D eigenvalue weighted by molar-refractivity contribution is 0.0945. The van der Waals surface area contributed by atoms with E-state index in [1.807, 2.05) is 12.1 Å². The average Bonchev–Trinajstić information content (AvgIpc) is 3.29. The molecular formula is C24H28N4O4S. The van der Waals surface area contributed by atoms with Crippen LogP contribution >= 0.6 is 11.3 Å². The number of benzene rings is 2. The lowest BCUT2D eigenvalue weighted by Gasteiger charge is -2.34.